The molecule has 0 fully saturated rings. The van der Waals surface area contributed by atoms with Crippen molar-refractivity contribution in [2.75, 3.05) is 11.9 Å². The van der Waals surface area contributed by atoms with Gasteiger partial charge in [-0.15, -0.1) is 0 Å². The maximum Gasteiger partial charge on any atom is 0.293 e. The van der Waals surface area contributed by atoms with Crippen molar-refractivity contribution in [2.24, 2.45) is 5.73 Å². The van der Waals surface area contributed by atoms with Crippen LogP contribution < -0.4 is 16.6 Å². The Labute approximate surface area is 95.7 Å². The SMILES string of the molecule is CC(C)n1ccnc(NC(C)(C)CN)c1=O. The number of nitrogens with zero attached hydrogens (tertiary/aromatic N) is 2. The first-order valence-corrected chi connectivity index (χ1v) is 5.43. The van der Waals surface area contributed by atoms with E-state index in [1.165, 1.54) is 0 Å². The summed E-state index contributed by atoms with van der Waals surface area (Å²) in [6, 6.07) is 0.122. The van der Waals surface area contributed by atoms with E-state index in [-0.39, 0.29) is 17.1 Å². The van der Waals surface area contributed by atoms with Crippen molar-refractivity contribution in [3.05, 3.63) is 22.7 Å². The average molecular weight is 224 g/mol. The zero-order chi connectivity index (χ0) is 12.3. The molecule has 0 amide bonds. The van der Waals surface area contributed by atoms with Crippen molar-refractivity contribution in [2.45, 2.75) is 39.3 Å². The summed E-state index contributed by atoms with van der Waals surface area (Å²) < 4.78 is 1.64. The molecule has 1 aromatic rings. The second-order valence-corrected chi connectivity index (χ2v) is 4.80. The third-order valence-electron chi connectivity index (χ3n) is 2.39. The zero-order valence-electron chi connectivity index (χ0n) is 10.3. The summed E-state index contributed by atoms with van der Waals surface area (Å²) in [6.45, 7) is 8.21. The molecule has 0 aliphatic rings. The van der Waals surface area contributed by atoms with Gasteiger partial charge in [0.15, 0.2) is 5.82 Å². The maximum absolute atomic E-state index is 12.0. The van der Waals surface area contributed by atoms with E-state index >= 15 is 0 Å². The van der Waals surface area contributed by atoms with Crippen molar-refractivity contribution in [3.63, 3.8) is 0 Å². The Morgan fingerprint density at radius 1 is 1.56 bits per heavy atom. The summed E-state index contributed by atoms with van der Waals surface area (Å²) in [5.74, 6) is 0.353. The van der Waals surface area contributed by atoms with E-state index in [0.29, 0.717) is 12.4 Å². The topological polar surface area (TPSA) is 72.9 Å². The first kappa shape index (κ1) is 12.7. The van der Waals surface area contributed by atoms with Gasteiger partial charge in [-0.3, -0.25) is 4.79 Å². The number of rotatable bonds is 4. The van der Waals surface area contributed by atoms with Gasteiger partial charge in [0, 0.05) is 30.5 Å². The van der Waals surface area contributed by atoms with Crippen LogP contribution in [-0.2, 0) is 0 Å². The summed E-state index contributed by atoms with van der Waals surface area (Å²) >= 11 is 0. The Hall–Kier alpha value is -1.36. The van der Waals surface area contributed by atoms with Gasteiger partial charge in [0.05, 0.1) is 0 Å². The Kier molecular flexibility index (Phi) is 3.70. The fourth-order valence-corrected chi connectivity index (χ4v) is 1.29. The molecule has 0 aliphatic heterocycles. The van der Waals surface area contributed by atoms with E-state index in [4.69, 9.17) is 5.73 Å². The van der Waals surface area contributed by atoms with E-state index in [1.807, 2.05) is 27.7 Å². The van der Waals surface area contributed by atoms with E-state index in [2.05, 4.69) is 10.3 Å². The van der Waals surface area contributed by atoms with Crippen molar-refractivity contribution in [1.82, 2.24) is 9.55 Å². The first-order valence-electron chi connectivity index (χ1n) is 5.43. The molecular formula is C11H20N4O. The lowest BCUT2D eigenvalue weighted by Crippen LogP contribution is -2.42. The highest BCUT2D eigenvalue weighted by Crippen LogP contribution is 2.08. The molecule has 1 rings (SSSR count). The molecule has 0 saturated heterocycles. The molecule has 5 nitrogen and oxygen atoms in total. The predicted octanol–water partition coefficient (Wildman–Crippen LogP) is 0.973. The van der Waals surface area contributed by atoms with E-state index < -0.39 is 0 Å². The van der Waals surface area contributed by atoms with Crippen molar-refractivity contribution < 1.29 is 0 Å². The lowest BCUT2D eigenvalue weighted by molar-refractivity contribution is 0.555. The first-order chi connectivity index (χ1) is 7.37. The van der Waals surface area contributed by atoms with Crippen LogP contribution in [0, 0.1) is 0 Å². The fourth-order valence-electron chi connectivity index (χ4n) is 1.29. The van der Waals surface area contributed by atoms with Gasteiger partial charge >= 0.3 is 0 Å². The molecule has 0 aromatic carbocycles. The number of nitrogens with one attached hydrogen (secondary N) is 1. The van der Waals surface area contributed by atoms with Crippen LogP contribution in [0.3, 0.4) is 0 Å². The Balaban J connectivity index is 3.08. The average Bonchev–Trinajstić information content (AvgIpc) is 2.20. The largest absolute Gasteiger partial charge is 0.359 e. The zero-order valence-corrected chi connectivity index (χ0v) is 10.3. The minimum absolute atomic E-state index is 0.112. The van der Waals surface area contributed by atoms with Crippen molar-refractivity contribution >= 4 is 5.82 Å². The van der Waals surface area contributed by atoms with Crippen LogP contribution in [0.25, 0.3) is 0 Å². The molecule has 0 radical (unpaired) electrons. The fraction of sp³-hybridized carbons (Fsp3) is 0.636. The predicted molar refractivity (Wildman–Crippen MR) is 65.6 cm³/mol. The highest BCUT2D eigenvalue weighted by Gasteiger charge is 2.18. The molecule has 3 N–H and O–H groups in total. The number of nitrogens with two attached hydrogens (primary N) is 1. The molecule has 0 aliphatic carbocycles. The van der Waals surface area contributed by atoms with Crippen LogP contribution in [0.2, 0.25) is 0 Å². The summed E-state index contributed by atoms with van der Waals surface area (Å²) in [7, 11) is 0. The van der Waals surface area contributed by atoms with Gasteiger partial charge in [-0.2, -0.15) is 0 Å². The minimum Gasteiger partial charge on any atom is -0.359 e. The Morgan fingerprint density at radius 3 is 2.69 bits per heavy atom. The van der Waals surface area contributed by atoms with Crippen molar-refractivity contribution in [1.29, 1.82) is 0 Å². The molecule has 16 heavy (non-hydrogen) atoms. The van der Waals surface area contributed by atoms with Crippen LogP contribution in [0.1, 0.15) is 33.7 Å². The van der Waals surface area contributed by atoms with Crippen LogP contribution in [0.4, 0.5) is 5.82 Å². The summed E-state index contributed by atoms with van der Waals surface area (Å²) in [4.78, 5) is 16.1. The smallest absolute Gasteiger partial charge is 0.293 e. The third kappa shape index (κ3) is 2.82. The second kappa shape index (κ2) is 4.65. The van der Waals surface area contributed by atoms with Gasteiger partial charge in [0.2, 0.25) is 0 Å². The lowest BCUT2D eigenvalue weighted by Gasteiger charge is -2.24. The van der Waals surface area contributed by atoms with Crippen LogP contribution in [0.5, 0.6) is 0 Å². The Morgan fingerprint density at radius 2 is 2.19 bits per heavy atom. The number of aromatic nitrogens is 2. The third-order valence-corrected chi connectivity index (χ3v) is 2.39. The molecule has 0 unspecified atom stereocenters. The lowest BCUT2D eigenvalue weighted by atomic mass is 10.1. The van der Waals surface area contributed by atoms with Gasteiger partial charge in [0.1, 0.15) is 0 Å². The normalized spacial score (nSPS) is 11.9. The number of hydrogen-bond donors (Lipinski definition) is 2. The number of anilines is 1. The van der Waals surface area contributed by atoms with Crippen LogP contribution >= 0.6 is 0 Å². The highest BCUT2D eigenvalue weighted by atomic mass is 16.1. The molecule has 90 valence electrons. The van der Waals surface area contributed by atoms with Crippen LogP contribution in [0.15, 0.2) is 17.2 Å². The molecule has 0 atom stereocenters. The summed E-state index contributed by atoms with van der Waals surface area (Å²) in [5, 5.41) is 3.06. The highest BCUT2D eigenvalue weighted by molar-refractivity contribution is 5.34. The monoisotopic (exact) mass is 224 g/mol. The molecule has 0 bridgehead atoms. The van der Waals surface area contributed by atoms with Gasteiger partial charge in [0.25, 0.3) is 5.56 Å². The summed E-state index contributed by atoms with van der Waals surface area (Å²) in [5.41, 5.74) is 5.16. The molecular weight excluding hydrogens is 204 g/mol. The molecule has 1 heterocycles. The van der Waals surface area contributed by atoms with Gasteiger partial charge in [-0.1, -0.05) is 0 Å². The minimum atomic E-state index is -0.331. The van der Waals surface area contributed by atoms with E-state index in [1.54, 1.807) is 17.0 Å². The van der Waals surface area contributed by atoms with E-state index in [0.717, 1.165) is 0 Å². The van der Waals surface area contributed by atoms with Crippen LogP contribution in [-0.4, -0.2) is 21.6 Å². The molecule has 5 heteroatoms. The second-order valence-electron chi connectivity index (χ2n) is 4.80. The molecule has 0 saturated carbocycles. The Bertz CT molecular complexity index is 409. The van der Waals surface area contributed by atoms with Gasteiger partial charge in [-0.25, -0.2) is 4.98 Å². The van der Waals surface area contributed by atoms with E-state index in [9.17, 15) is 4.79 Å². The maximum atomic E-state index is 12.0. The molecule has 0 spiro atoms. The van der Waals surface area contributed by atoms with Gasteiger partial charge in [-0.05, 0) is 27.7 Å². The molecule has 1 aromatic heterocycles. The van der Waals surface area contributed by atoms with Crippen molar-refractivity contribution in [3.8, 4) is 0 Å². The quantitative estimate of drug-likeness (QED) is 0.799. The summed E-state index contributed by atoms with van der Waals surface area (Å²) in [6.07, 6.45) is 3.31. The van der Waals surface area contributed by atoms with Gasteiger partial charge < -0.3 is 15.6 Å². The number of hydrogen-bond acceptors (Lipinski definition) is 4. The standard InChI is InChI=1S/C11H20N4O/c1-8(2)15-6-5-13-9(10(15)16)14-11(3,4)7-12/h5-6,8H,7,12H2,1-4H3,(H,13,14).